The van der Waals surface area contributed by atoms with Gasteiger partial charge in [-0.05, 0) is 48.9 Å². The SMILES string of the molecule is COC(=O)c1ccc(C(=O)Nc2ccc(Nc3nc(-c4ccccc4)ccc3[N+](=O)[O-])cn2)cc1C. The number of esters is 1. The second-order valence-corrected chi connectivity index (χ2v) is 7.72. The van der Waals surface area contributed by atoms with Gasteiger partial charge in [0.05, 0.1) is 35.2 Å². The average Bonchev–Trinajstić information content (AvgIpc) is 2.89. The molecular weight excluding hydrogens is 462 g/mol. The summed E-state index contributed by atoms with van der Waals surface area (Å²) in [4.78, 5) is 44.0. The molecule has 0 bridgehead atoms. The summed E-state index contributed by atoms with van der Waals surface area (Å²) in [5.41, 5.74) is 3.00. The molecule has 0 aliphatic heterocycles. The number of anilines is 3. The van der Waals surface area contributed by atoms with Gasteiger partial charge in [-0.2, -0.15) is 0 Å². The second kappa shape index (κ2) is 10.4. The summed E-state index contributed by atoms with van der Waals surface area (Å²) < 4.78 is 4.72. The summed E-state index contributed by atoms with van der Waals surface area (Å²) in [5.74, 6) is -0.536. The molecule has 10 nitrogen and oxygen atoms in total. The lowest BCUT2D eigenvalue weighted by Crippen LogP contribution is -2.14. The third-order valence-corrected chi connectivity index (χ3v) is 5.30. The maximum atomic E-state index is 12.6. The summed E-state index contributed by atoms with van der Waals surface area (Å²) in [6.07, 6.45) is 1.43. The van der Waals surface area contributed by atoms with E-state index >= 15 is 0 Å². The first-order chi connectivity index (χ1) is 17.4. The van der Waals surface area contributed by atoms with Crippen LogP contribution in [0.5, 0.6) is 0 Å². The van der Waals surface area contributed by atoms with Crippen molar-refractivity contribution in [2.45, 2.75) is 6.92 Å². The van der Waals surface area contributed by atoms with Gasteiger partial charge in [0.1, 0.15) is 5.82 Å². The lowest BCUT2D eigenvalue weighted by Gasteiger charge is -2.10. The van der Waals surface area contributed by atoms with Crippen molar-refractivity contribution in [3.63, 3.8) is 0 Å². The highest BCUT2D eigenvalue weighted by Gasteiger charge is 2.18. The Morgan fingerprint density at radius 3 is 2.42 bits per heavy atom. The number of methoxy groups -OCH3 is 1. The van der Waals surface area contributed by atoms with Crippen LogP contribution < -0.4 is 10.6 Å². The molecule has 4 rings (SSSR count). The number of hydrogen-bond donors (Lipinski definition) is 2. The van der Waals surface area contributed by atoms with Gasteiger partial charge in [0, 0.05) is 17.2 Å². The standard InChI is InChI=1S/C26H21N5O5/c1-16-14-18(8-10-20(16)26(33)36-2)25(32)30-23-13-9-19(15-27-23)28-24-22(31(34)35)12-11-21(29-24)17-6-4-3-5-7-17/h3-15H,1-2H3,(H,28,29)(H,27,30,32). The van der Waals surface area contributed by atoms with Gasteiger partial charge in [-0.1, -0.05) is 30.3 Å². The van der Waals surface area contributed by atoms with Crippen LogP contribution in [0.1, 0.15) is 26.3 Å². The van der Waals surface area contributed by atoms with Gasteiger partial charge in [0.25, 0.3) is 5.91 Å². The van der Waals surface area contributed by atoms with E-state index in [1.807, 2.05) is 30.3 Å². The van der Waals surface area contributed by atoms with Crippen LogP contribution in [0.15, 0.2) is 79.0 Å². The highest BCUT2D eigenvalue weighted by Crippen LogP contribution is 2.29. The highest BCUT2D eigenvalue weighted by molar-refractivity contribution is 6.04. The first-order valence-electron chi connectivity index (χ1n) is 10.8. The van der Waals surface area contributed by atoms with E-state index in [0.29, 0.717) is 28.1 Å². The summed E-state index contributed by atoms with van der Waals surface area (Å²) in [7, 11) is 1.29. The second-order valence-electron chi connectivity index (χ2n) is 7.72. The van der Waals surface area contributed by atoms with Crippen molar-refractivity contribution in [2.75, 3.05) is 17.7 Å². The van der Waals surface area contributed by atoms with E-state index in [9.17, 15) is 19.7 Å². The molecule has 0 radical (unpaired) electrons. The van der Waals surface area contributed by atoms with Gasteiger partial charge in [-0.25, -0.2) is 14.8 Å². The van der Waals surface area contributed by atoms with Gasteiger partial charge in [-0.15, -0.1) is 0 Å². The molecule has 2 aromatic carbocycles. The van der Waals surface area contributed by atoms with Crippen molar-refractivity contribution in [3.05, 3.63) is 106 Å². The van der Waals surface area contributed by atoms with Crippen LogP contribution in [0.25, 0.3) is 11.3 Å². The van der Waals surface area contributed by atoms with E-state index in [1.54, 1.807) is 31.2 Å². The van der Waals surface area contributed by atoms with Gasteiger partial charge < -0.3 is 15.4 Å². The van der Waals surface area contributed by atoms with Gasteiger partial charge in [0.15, 0.2) is 0 Å². The maximum Gasteiger partial charge on any atom is 0.338 e. The number of benzene rings is 2. The minimum atomic E-state index is -0.514. The van der Waals surface area contributed by atoms with Gasteiger partial charge in [-0.3, -0.25) is 14.9 Å². The van der Waals surface area contributed by atoms with E-state index < -0.39 is 16.8 Å². The largest absolute Gasteiger partial charge is 0.465 e. The Morgan fingerprint density at radius 1 is 1.00 bits per heavy atom. The van der Waals surface area contributed by atoms with E-state index in [0.717, 1.165) is 5.56 Å². The number of amides is 1. The molecule has 0 saturated carbocycles. The molecule has 1 amide bonds. The number of aryl methyl sites for hydroxylation is 1. The number of rotatable bonds is 7. The molecule has 0 aliphatic carbocycles. The molecule has 0 unspecified atom stereocenters. The number of carbonyl (C=O) groups excluding carboxylic acids is 2. The number of ether oxygens (including phenoxy) is 1. The van der Waals surface area contributed by atoms with Crippen LogP contribution in [-0.2, 0) is 4.74 Å². The average molecular weight is 483 g/mol. The molecule has 2 aromatic heterocycles. The molecule has 2 heterocycles. The van der Waals surface area contributed by atoms with Crippen LogP contribution in [0.4, 0.5) is 23.0 Å². The number of nitrogens with one attached hydrogen (secondary N) is 2. The topological polar surface area (TPSA) is 136 Å². The zero-order chi connectivity index (χ0) is 25.7. The maximum absolute atomic E-state index is 12.6. The predicted molar refractivity (Wildman–Crippen MR) is 134 cm³/mol. The number of nitro groups is 1. The lowest BCUT2D eigenvalue weighted by molar-refractivity contribution is -0.384. The fraction of sp³-hybridized carbons (Fsp3) is 0.0769. The summed E-state index contributed by atoms with van der Waals surface area (Å²) in [6.45, 7) is 1.71. The zero-order valence-corrected chi connectivity index (χ0v) is 19.4. The lowest BCUT2D eigenvalue weighted by atomic mass is 10.0. The Hall–Kier alpha value is -5.12. The molecule has 10 heteroatoms. The molecule has 0 atom stereocenters. The minimum Gasteiger partial charge on any atom is -0.465 e. The minimum absolute atomic E-state index is 0.0705. The Kier molecular flexibility index (Phi) is 6.96. The molecular formula is C26H21N5O5. The molecule has 0 fully saturated rings. The first-order valence-corrected chi connectivity index (χ1v) is 10.8. The van der Waals surface area contributed by atoms with Crippen LogP contribution in [0.2, 0.25) is 0 Å². The number of hydrogen-bond acceptors (Lipinski definition) is 8. The van der Waals surface area contributed by atoms with Crippen LogP contribution in [0, 0.1) is 17.0 Å². The summed E-state index contributed by atoms with van der Waals surface area (Å²) in [6, 6.07) is 20.1. The zero-order valence-electron chi connectivity index (χ0n) is 19.4. The first kappa shape index (κ1) is 24.0. The Balaban J connectivity index is 1.50. The number of nitrogens with zero attached hydrogens (tertiary/aromatic N) is 3. The van der Waals surface area contributed by atoms with Crippen molar-refractivity contribution in [1.29, 1.82) is 0 Å². The van der Waals surface area contributed by atoms with Crippen molar-refractivity contribution in [2.24, 2.45) is 0 Å². The van der Waals surface area contributed by atoms with Crippen LogP contribution in [0.3, 0.4) is 0 Å². The predicted octanol–water partition coefficient (Wildman–Crippen LogP) is 5.14. The fourth-order valence-corrected chi connectivity index (χ4v) is 3.47. The quantitative estimate of drug-likeness (QED) is 0.209. The number of pyridine rings is 2. The monoisotopic (exact) mass is 483 g/mol. The normalized spacial score (nSPS) is 10.4. The van der Waals surface area contributed by atoms with Crippen LogP contribution >= 0.6 is 0 Å². The number of carbonyl (C=O) groups is 2. The van der Waals surface area contributed by atoms with Gasteiger partial charge in [0.2, 0.25) is 5.82 Å². The Labute approximate surface area is 206 Å². The van der Waals surface area contributed by atoms with Crippen molar-refractivity contribution < 1.29 is 19.2 Å². The molecule has 0 saturated heterocycles. The van der Waals surface area contributed by atoms with Crippen molar-refractivity contribution in [1.82, 2.24) is 9.97 Å². The van der Waals surface area contributed by atoms with Crippen molar-refractivity contribution >= 4 is 34.9 Å². The van der Waals surface area contributed by atoms with E-state index in [1.165, 1.54) is 31.5 Å². The molecule has 0 aliphatic rings. The molecule has 2 N–H and O–H groups in total. The smallest absolute Gasteiger partial charge is 0.338 e. The molecule has 36 heavy (non-hydrogen) atoms. The van der Waals surface area contributed by atoms with Gasteiger partial charge >= 0.3 is 11.7 Å². The highest BCUT2D eigenvalue weighted by atomic mass is 16.6. The summed E-state index contributed by atoms with van der Waals surface area (Å²) >= 11 is 0. The molecule has 4 aromatic rings. The Morgan fingerprint density at radius 2 is 1.78 bits per heavy atom. The van der Waals surface area contributed by atoms with Crippen molar-refractivity contribution in [3.8, 4) is 11.3 Å². The summed E-state index contributed by atoms with van der Waals surface area (Å²) in [5, 5.41) is 17.1. The van der Waals surface area contributed by atoms with E-state index in [2.05, 4.69) is 20.6 Å². The van der Waals surface area contributed by atoms with Crippen LogP contribution in [-0.4, -0.2) is 33.9 Å². The molecule has 0 spiro atoms. The molecule has 180 valence electrons. The third-order valence-electron chi connectivity index (χ3n) is 5.30. The number of aromatic nitrogens is 2. The van der Waals surface area contributed by atoms with E-state index in [4.69, 9.17) is 4.74 Å². The van der Waals surface area contributed by atoms with E-state index in [-0.39, 0.29) is 17.3 Å². The fourth-order valence-electron chi connectivity index (χ4n) is 3.47. The Bertz CT molecular complexity index is 1440. The third kappa shape index (κ3) is 5.33.